The Morgan fingerprint density at radius 2 is 1.05 bits per heavy atom. The van der Waals surface area contributed by atoms with Gasteiger partial charge in [0.2, 0.25) is 28.5 Å². The summed E-state index contributed by atoms with van der Waals surface area (Å²) in [7, 11) is 0. The van der Waals surface area contributed by atoms with Gasteiger partial charge in [0.05, 0.1) is 25.2 Å². The number of ether oxygens (including phenoxy) is 2. The van der Waals surface area contributed by atoms with Crippen molar-refractivity contribution in [2.24, 2.45) is 0 Å². The first-order chi connectivity index (χ1) is 31.4. The van der Waals surface area contributed by atoms with Crippen molar-refractivity contribution in [1.82, 2.24) is 0 Å². The number of hydrogen-bond acceptors (Lipinski definition) is 11. The normalized spacial score (nSPS) is 16.7. The van der Waals surface area contributed by atoms with Crippen LogP contribution in [0.1, 0.15) is 69.4 Å². The molecule has 0 bridgehead atoms. The first kappa shape index (κ1) is 42.8. The number of carbonyl (C=O) groups excluding carboxylic acids is 6. The number of halogens is 6. The molecule has 66 heavy (non-hydrogen) atoms. The minimum atomic E-state index is -4.83. The summed E-state index contributed by atoms with van der Waals surface area (Å²) in [6.07, 6.45) is -5.51. The van der Waals surface area contributed by atoms with Crippen LogP contribution in [0.25, 0.3) is 42.1 Å². The van der Waals surface area contributed by atoms with E-state index in [1.165, 1.54) is 46.2 Å². The summed E-state index contributed by atoms with van der Waals surface area (Å²) < 4.78 is 95.8. The van der Waals surface area contributed by atoms with Crippen molar-refractivity contribution in [2.75, 3.05) is 0 Å². The van der Waals surface area contributed by atoms with E-state index in [9.17, 15) is 45.5 Å². The lowest BCUT2D eigenvalue weighted by atomic mass is 9.76. The zero-order valence-corrected chi connectivity index (χ0v) is 35.7. The number of ketones is 4. The molecule has 0 spiro atoms. The van der Waals surface area contributed by atoms with Crippen LogP contribution in [0.5, 0.6) is 0 Å². The lowest BCUT2D eigenvalue weighted by Gasteiger charge is -2.28. The van der Waals surface area contributed by atoms with E-state index in [2.05, 4.69) is 0 Å². The molecule has 17 heteroatoms. The summed E-state index contributed by atoms with van der Waals surface area (Å²) in [4.78, 5) is 83.9. The molecule has 0 fully saturated rings. The number of Topliss-reactive ketones (excluding diaryl/α,β-unsaturated/α-hetero) is 4. The van der Waals surface area contributed by atoms with Crippen molar-refractivity contribution in [3.63, 3.8) is 0 Å². The van der Waals surface area contributed by atoms with Gasteiger partial charge in [0.25, 0.3) is 0 Å². The third kappa shape index (κ3) is 6.87. The highest BCUT2D eigenvalue weighted by molar-refractivity contribution is 7.39. The quantitative estimate of drug-likeness (QED) is 0.0485. The van der Waals surface area contributed by atoms with E-state index < -0.39 is 69.5 Å². The number of thiophene rings is 3. The number of carbonyl (C=O) groups is 6. The molecule has 8 nitrogen and oxygen atoms in total. The van der Waals surface area contributed by atoms with Gasteiger partial charge in [-0.05, 0) is 76.4 Å². The van der Waals surface area contributed by atoms with Crippen LogP contribution in [0.4, 0.5) is 26.3 Å². The van der Waals surface area contributed by atoms with Crippen molar-refractivity contribution >= 4 is 111 Å². The monoisotopic (exact) mass is 950 g/mol. The average molecular weight is 951 g/mol. The molecule has 0 saturated carbocycles. The lowest BCUT2D eigenvalue weighted by Crippen LogP contribution is -2.46. The van der Waals surface area contributed by atoms with Gasteiger partial charge in [-0.1, -0.05) is 72.8 Å². The molecule has 3 aliphatic carbocycles. The van der Waals surface area contributed by atoms with Crippen LogP contribution in [-0.2, 0) is 59.6 Å². The van der Waals surface area contributed by atoms with Gasteiger partial charge in [-0.2, -0.15) is 26.3 Å². The molecule has 10 rings (SSSR count). The molecule has 3 heterocycles. The maximum absolute atomic E-state index is 15.1. The predicted octanol–water partition coefficient (Wildman–Crippen LogP) is 11.5. The number of hydrogen-bond donors (Lipinski definition) is 0. The highest BCUT2D eigenvalue weighted by Crippen LogP contribution is 2.57. The van der Waals surface area contributed by atoms with Crippen molar-refractivity contribution in [1.29, 1.82) is 0 Å². The molecule has 4 aromatic carbocycles. The molecule has 0 N–H and O–H groups in total. The van der Waals surface area contributed by atoms with Gasteiger partial charge < -0.3 is 9.47 Å². The van der Waals surface area contributed by atoms with E-state index in [1.807, 2.05) is 0 Å². The molecule has 0 aliphatic heterocycles. The molecular formula is C49H24F6O8S3. The van der Waals surface area contributed by atoms with Crippen molar-refractivity contribution in [2.45, 2.75) is 31.0 Å². The largest absolute Gasteiger partial charge is 0.459 e. The number of fused-ring (bicyclic) bond motifs is 7. The smallest absolute Gasteiger partial charge is 0.416 e. The Morgan fingerprint density at radius 3 is 1.55 bits per heavy atom. The maximum Gasteiger partial charge on any atom is 0.416 e. The number of alkyl halides is 6. The summed E-state index contributed by atoms with van der Waals surface area (Å²) in [6, 6.07) is 23.7. The zero-order chi connectivity index (χ0) is 46.4. The number of rotatable bonds is 8. The van der Waals surface area contributed by atoms with Gasteiger partial charge in [0.1, 0.15) is 13.2 Å². The second-order valence-corrected chi connectivity index (χ2v) is 18.6. The standard InChI is InChI=1S/C49H24F6O8S3/c50-48(51,52)25-11-13-29-31(15-25)38(56)40(58)33(29)17-27-18-35-37(47(27,45(60)62-21-23-7-3-1-4-8-23)46(61)63-22-24-9-5-2-6-10-24)43-44(65-35)42-36(66-43)20-28(64-42)19-34-30-14-12-26(49(53,54)55)16-32(30)39(57)41(34)59/h1-20H,21-22H2/b33-17-,34-19-. The molecular weight excluding hydrogens is 927 g/mol. The highest BCUT2D eigenvalue weighted by Gasteiger charge is 2.59. The van der Waals surface area contributed by atoms with E-state index in [4.69, 9.17) is 9.47 Å². The predicted molar refractivity (Wildman–Crippen MR) is 235 cm³/mol. The number of benzene rings is 4. The third-order valence-corrected chi connectivity index (χ3v) is 15.2. The molecule has 0 radical (unpaired) electrons. The Bertz CT molecular complexity index is 3350. The number of allylic oxidation sites excluding steroid dienone is 3. The summed E-state index contributed by atoms with van der Waals surface area (Å²) in [5, 5.41) is 0. The zero-order valence-electron chi connectivity index (χ0n) is 33.2. The van der Waals surface area contributed by atoms with E-state index in [-0.39, 0.29) is 52.2 Å². The molecule has 3 aliphatic rings. The van der Waals surface area contributed by atoms with Crippen LogP contribution < -0.4 is 0 Å². The van der Waals surface area contributed by atoms with Crippen LogP contribution in [0, 0.1) is 0 Å². The first-order valence-corrected chi connectivity index (χ1v) is 22.1. The van der Waals surface area contributed by atoms with E-state index >= 15 is 9.59 Å². The second kappa shape index (κ2) is 15.5. The van der Waals surface area contributed by atoms with E-state index in [0.717, 1.165) is 30.3 Å². The van der Waals surface area contributed by atoms with Gasteiger partial charge in [-0.3, -0.25) is 28.8 Å². The molecule has 0 atom stereocenters. The lowest BCUT2D eigenvalue weighted by molar-refractivity contribution is -0.164. The second-order valence-electron chi connectivity index (χ2n) is 15.4. The van der Waals surface area contributed by atoms with Crippen LogP contribution in [0.3, 0.4) is 0 Å². The molecule has 0 amide bonds. The topological polar surface area (TPSA) is 121 Å². The summed E-state index contributed by atoms with van der Waals surface area (Å²) in [5.41, 5.74) is -4.91. The van der Waals surface area contributed by atoms with Crippen LogP contribution in [0.2, 0.25) is 0 Å². The van der Waals surface area contributed by atoms with E-state index in [1.54, 1.807) is 66.7 Å². The molecule has 3 aromatic heterocycles. The van der Waals surface area contributed by atoms with Crippen molar-refractivity contribution in [3.05, 3.63) is 175 Å². The molecule has 7 aromatic rings. The van der Waals surface area contributed by atoms with Gasteiger partial charge in [0.15, 0.2) is 0 Å². The molecule has 0 saturated heterocycles. The molecule has 0 unspecified atom stereocenters. The summed E-state index contributed by atoms with van der Waals surface area (Å²) in [6.45, 7) is -0.612. The fourth-order valence-corrected chi connectivity index (χ4v) is 12.6. The first-order valence-electron chi connectivity index (χ1n) is 19.6. The van der Waals surface area contributed by atoms with Crippen LogP contribution in [0.15, 0.2) is 115 Å². The Kier molecular flexibility index (Phi) is 10.1. The maximum atomic E-state index is 15.1. The summed E-state index contributed by atoms with van der Waals surface area (Å²) in [5.74, 6) is -6.60. The van der Waals surface area contributed by atoms with Crippen molar-refractivity contribution in [3.8, 4) is 0 Å². The minimum absolute atomic E-state index is 0.0560. The van der Waals surface area contributed by atoms with Gasteiger partial charge >= 0.3 is 24.3 Å². The Labute approximate surface area is 379 Å². The Balaban J connectivity index is 1.14. The van der Waals surface area contributed by atoms with Crippen LogP contribution in [-0.4, -0.2) is 35.1 Å². The third-order valence-electron chi connectivity index (χ3n) is 11.4. The van der Waals surface area contributed by atoms with Gasteiger partial charge in [-0.15, -0.1) is 34.0 Å². The Hall–Kier alpha value is -7.08. The molecule has 328 valence electrons. The fourth-order valence-electron chi connectivity index (χ4n) is 8.28. The summed E-state index contributed by atoms with van der Waals surface area (Å²) >= 11 is 3.52. The van der Waals surface area contributed by atoms with E-state index in [0.29, 0.717) is 51.8 Å². The minimum Gasteiger partial charge on any atom is -0.459 e. The van der Waals surface area contributed by atoms with Crippen LogP contribution >= 0.6 is 34.0 Å². The fraction of sp³-hybridized carbons (Fsp3) is 0.102. The SMILES string of the molecule is O=C1C(=O)c2cc(C(F)(F)F)ccc2/C1=C/C1=Cc2sc3c(sc4cc(/C=C5\C(=O)C(=O)c6cc(C(F)(F)F)ccc65)sc43)c2C1(C(=O)OCc1ccccc1)C(=O)OCc1ccccc1. The average Bonchev–Trinajstić information content (AvgIpc) is 4.11. The number of esters is 2. The van der Waals surface area contributed by atoms with Gasteiger partial charge in [0, 0.05) is 42.3 Å². The highest BCUT2D eigenvalue weighted by atomic mass is 32.1. The van der Waals surface area contributed by atoms with Crippen molar-refractivity contribution < 1.29 is 64.6 Å². The van der Waals surface area contributed by atoms with Gasteiger partial charge in [-0.25, -0.2) is 0 Å². The Morgan fingerprint density at radius 1 is 0.545 bits per heavy atom.